The lowest BCUT2D eigenvalue weighted by molar-refractivity contribution is -0.120. The van der Waals surface area contributed by atoms with Crippen LogP contribution >= 0.6 is 11.6 Å². The maximum atomic E-state index is 13.1. The first-order chi connectivity index (χ1) is 13.3. The summed E-state index contributed by atoms with van der Waals surface area (Å²) in [6.07, 6.45) is -0.278. The zero-order valence-electron chi connectivity index (χ0n) is 15.0. The number of hydrogen-bond acceptors (Lipinski definition) is 5. The van der Waals surface area contributed by atoms with E-state index >= 15 is 0 Å². The second kappa shape index (κ2) is 7.82. The van der Waals surface area contributed by atoms with E-state index < -0.39 is 23.6 Å². The van der Waals surface area contributed by atoms with Gasteiger partial charge >= 0.3 is 5.97 Å². The fourth-order valence-electron chi connectivity index (χ4n) is 2.59. The normalized spacial score (nSPS) is 14.1. The fraction of sp³-hybridized carbons (Fsp3) is 0.150. The van der Waals surface area contributed by atoms with Crippen molar-refractivity contribution in [2.24, 2.45) is 0 Å². The molecule has 6 nitrogen and oxygen atoms in total. The molecule has 28 heavy (non-hydrogen) atoms. The minimum atomic E-state index is -0.726. The number of nitrogens with zero attached hydrogens (tertiary/aromatic N) is 1. The number of halogens is 2. The van der Waals surface area contributed by atoms with Gasteiger partial charge in [-0.3, -0.25) is 9.59 Å². The molecule has 1 aliphatic rings. The van der Waals surface area contributed by atoms with Crippen molar-refractivity contribution in [3.63, 3.8) is 0 Å². The highest BCUT2D eigenvalue weighted by atomic mass is 35.5. The van der Waals surface area contributed by atoms with Crippen molar-refractivity contribution in [3.8, 4) is 0 Å². The van der Waals surface area contributed by atoms with Crippen LogP contribution in [0.15, 0.2) is 59.3 Å². The first kappa shape index (κ1) is 19.6. The van der Waals surface area contributed by atoms with Crippen LogP contribution in [0.25, 0.3) is 0 Å². The summed E-state index contributed by atoms with van der Waals surface area (Å²) in [5.41, 5.74) is 0.724. The molecular weight excluding hydrogens is 387 g/mol. The molecule has 0 saturated carbocycles. The summed E-state index contributed by atoms with van der Waals surface area (Å²) < 4.78 is 18.3. The lowest BCUT2D eigenvalue weighted by atomic mass is 10.2. The molecule has 144 valence electrons. The quantitative estimate of drug-likeness (QED) is 0.607. The molecule has 0 aromatic heterocycles. The Morgan fingerprint density at radius 2 is 1.79 bits per heavy atom. The van der Waals surface area contributed by atoms with Gasteiger partial charge in [0.15, 0.2) is 0 Å². The van der Waals surface area contributed by atoms with Crippen LogP contribution in [-0.2, 0) is 14.3 Å². The smallest absolute Gasteiger partial charge is 0.338 e. The van der Waals surface area contributed by atoms with Gasteiger partial charge in [0.1, 0.15) is 16.5 Å². The summed E-state index contributed by atoms with van der Waals surface area (Å²) >= 11 is 6.06. The number of nitrogens with one attached hydrogen (secondary N) is 1. The van der Waals surface area contributed by atoms with Gasteiger partial charge in [-0.15, -0.1) is 0 Å². The average molecular weight is 403 g/mol. The van der Waals surface area contributed by atoms with Gasteiger partial charge in [-0.25, -0.2) is 14.1 Å². The number of carbonyl (C=O) groups is 3. The SMILES string of the molecule is CC(C)OC(=O)c1cccc(NC2=C(Cl)C(=O)N(c3ccc(F)cc3)C2=O)c1. The van der Waals surface area contributed by atoms with Crippen molar-refractivity contribution >= 4 is 40.8 Å². The maximum absolute atomic E-state index is 13.1. The number of hydrogen-bond donors (Lipinski definition) is 1. The molecule has 0 fully saturated rings. The number of anilines is 2. The van der Waals surface area contributed by atoms with E-state index in [0.717, 1.165) is 17.0 Å². The Kier molecular flexibility index (Phi) is 5.46. The molecule has 0 bridgehead atoms. The molecule has 8 heteroatoms. The van der Waals surface area contributed by atoms with Gasteiger partial charge in [-0.05, 0) is 56.3 Å². The van der Waals surface area contributed by atoms with Crippen LogP contribution in [0.5, 0.6) is 0 Å². The highest BCUT2D eigenvalue weighted by Gasteiger charge is 2.39. The molecule has 1 aliphatic heterocycles. The van der Waals surface area contributed by atoms with E-state index in [9.17, 15) is 18.8 Å². The highest BCUT2D eigenvalue weighted by Crippen LogP contribution is 2.30. The van der Waals surface area contributed by atoms with Gasteiger partial charge in [0.25, 0.3) is 11.8 Å². The van der Waals surface area contributed by atoms with Gasteiger partial charge in [0.05, 0.1) is 17.4 Å². The van der Waals surface area contributed by atoms with Crippen LogP contribution in [0.2, 0.25) is 0 Å². The Labute approximate surface area is 165 Å². The highest BCUT2D eigenvalue weighted by molar-refractivity contribution is 6.53. The van der Waals surface area contributed by atoms with Crippen molar-refractivity contribution in [1.29, 1.82) is 0 Å². The predicted molar refractivity (Wildman–Crippen MR) is 102 cm³/mol. The van der Waals surface area contributed by atoms with Crippen molar-refractivity contribution in [2.45, 2.75) is 20.0 Å². The minimum Gasteiger partial charge on any atom is -0.459 e. The first-order valence-corrected chi connectivity index (χ1v) is 8.78. The number of ether oxygens (including phenoxy) is 1. The Hall–Kier alpha value is -3.19. The molecule has 0 unspecified atom stereocenters. The van der Waals surface area contributed by atoms with Crippen LogP contribution in [-0.4, -0.2) is 23.9 Å². The molecular formula is C20H16ClFN2O4. The molecule has 2 aromatic carbocycles. The van der Waals surface area contributed by atoms with E-state index in [1.165, 1.54) is 18.2 Å². The number of carbonyl (C=O) groups excluding carboxylic acids is 3. The van der Waals surface area contributed by atoms with Crippen LogP contribution in [0.4, 0.5) is 15.8 Å². The Morgan fingerprint density at radius 1 is 1.11 bits per heavy atom. The van der Waals surface area contributed by atoms with Crippen molar-refractivity contribution in [3.05, 3.63) is 70.6 Å². The minimum absolute atomic E-state index is 0.134. The Morgan fingerprint density at radius 3 is 2.43 bits per heavy atom. The van der Waals surface area contributed by atoms with Gasteiger partial charge < -0.3 is 10.1 Å². The summed E-state index contributed by atoms with van der Waals surface area (Å²) in [5, 5.41) is 2.48. The molecule has 0 spiro atoms. The molecule has 0 aliphatic carbocycles. The summed E-state index contributed by atoms with van der Waals surface area (Å²) in [6, 6.07) is 11.2. The monoisotopic (exact) mass is 402 g/mol. The lowest BCUT2D eigenvalue weighted by Crippen LogP contribution is -2.32. The first-order valence-electron chi connectivity index (χ1n) is 8.40. The lowest BCUT2D eigenvalue weighted by Gasteiger charge is -2.15. The van der Waals surface area contributed by atoms with Gasteiger partial charge in [0, 0.05) is 5.69 Å². The van der Waals surface area contributed by atoms with Gasteiger partial charge in [0.2, 0.25) is 0 Å². The van der Waals surface area contributed by atoms with E-state index in [-0.39, 0.29) is 28.1 Å². The summed E-state index contributed by atoms with van der Waals surface area (Å²) in [5.74, 6) is -2.42. The van der Waals surface area contributed by atoms with Crippen LogP contribution < -0.4 is 10.2 Å². The second-order valence-electron chi connectivity index (χ2n) is 6.27. The van der Waals surface area contributed by atoms with E-state index in [1.807, 2.05) is 0 Å². The largest absolute Gasteiger partial charge is 0.459 e. The van der Waals surface area contributed by atoms with Crippen LogP contribution in [0.3, 0.4) is 0 Å². The van der Waals surface area contributed by atoms with Gasteiger partial charge in [-0.2, -0.15) is 0 Å². The van der Waals surface area contributed by atoms with Crippen LogP contribution in [0, 0.1) is 5.82 Å². The maximum Gasteiger partial charge on any atom is 0.338 e. The molecule has 0 saturated heterocycles. The number of esters is 1. The summed E-state index contributed by atoms with van der Waals surface area (Å²) in [7, 11) is 0. The van der Waals surface area contributed by atoms with E-state index in [0.29, 0.717) is 5.69 Å². The van der Waals surface area contributed by atoms with E-state index in [2.05, 4.69) is 5.32 Å². The van der Waals surface area contributed by atoms with E-state index in [4.69, 9.17) is 16.3 Å². The third kappa shape index (κ3) is 3.89. The Balaban J connectivity index is 1.84. The molecule has 0 atom stereocenters. The van der Waals surface area contributed by atoms with Crippen molar-refractivity contribution < 1.29 is 23.5 Å². The number of imide groups is 1. The van der Waals surface area contributed by atoms with Crippen molar-refractivity contribution in [2.75, 3.05) is 10.2 Å². The summed E-state index contributed by atoms with van der Waals surface area (Å²) in [6.45, 7) is 3.47. The molecule has 1 heterocycles. The molecule has 2 amide bonds. The molecule has 0 radical (unpaired) electrons. The second-order valence-corrected chi connectivity index (χ2v) is 6.65. The van der Waals surface area contributed by atoms with Gasteiger partial charge in [-0.1, -0.05) is 17.7 Å². The standard InChI is InChI=1S/C20H16ClFN2O4/c1-11(2)28-20(27)12-4-3-5-14(10-12)23-17-16(21)18(25)24(19(17)26)15-8-6-13(22)7-9-15/h3-11,23H,1-2H3. The molecule has 2 aromatic rings. The molecule has 1 N–H and O–H groups in total. The zero-order valence-corrected chi connectivity index (χ0v) is 15.8. The topological polar surface area (TPSA) is 75.7 Å². The van der Waals surface area contributed by atoms with Crippen molar-refractivity contribution in [1.82, 2.24) is 0 Å². The number of rotatable bonds is 5. The number of amides is 2. The predicted octanol–water partition coefficient (Wildman–Crippen LogP) is 3.83. The third-order valence-corrected chi connectivity index (χ3v) is 4.17. The van der Waals surface area contributed by atoms with Crippen LogP contribution in [0.1, 0.15) is 24.2 Å². The fourth-order valence-corrected chi connectivity index (χ4v) is 2.80. The average Bonchev–Trinajstić information content (AvgIpc) is 2.86. The Bertz CT molecular complexity index is 986. The molecule has 3 rings (SSSR count). The number of benzene rings is 2. The zero-order chi connectivity index (χ0) is 20.4. The van der Waals surface area contributed by atoms with E-state index in [1.54, 1.807) is 32.0 Å². The third-order valence-electron chi connectivity index (χ3n) is 3.82. The summed E-state index contributed by atoms with van der Waals surface area (Å²) in [4.78, 5) is 38.0.